The average molecular weight is 343 g/mol. The van der Waals surface area contributed by atoms with E-state index in [0.717, 1.165) is 51.3 Å². The van der Waals surface area contributed by atoms with Crippen molar-refractivity contribution in [3.05, 3.63) is 18.1 Å². The van der Waals surface area contributed by atoms with Crippen LogP contribution in [0.25, 0.3) is 0 Å². The molecule has 25 heavy (non-hydrogen) atoms. The van der Waals surface area contributed by atoms with Crippen molar-refractivity contribution in [3.63, 3.8) is 0 Å². The minimum Gasteiger partial charge on any atom is -0.353 e. The monoisotopic (exact) mass is 343 g/mol. The molecule has 0 bridgehead atoms. The summed E-state index contributed by atoms with van der Waals surface area (Å²) in [6.07, 6.45) is 8.25. The van der Waals surface area contributed by atoms with E-state index < -0.39 is 0 Å². The highest BCUT2D eigenvalue weighted by Gasteiger charge is 2.41. The van der Waals surface area contributed by atoms with Crippen LogP contribution in [0.1, 0.15) is 42.6 Å². The van der Waals surface area contributed by atoms with Crippen molar-refractivity contribution in [1.29, 1.82) is 0 Å². The smallest absolute Gasteiger partial charge is 0.274 e. The minimum absolute atomic E-state index is 0.0166. The van der Waals surface area contributed by atoms with Gasteiger partial charge in [-0.25, -0.2) is 4.98 Å². The third-order valence-corrected chi connectivity index (χ3v) is 5.86. The van der Waals surface area contributed by atoms with Gasteiger partial charge in [-0.15, -0.1) is 0 Å². The Balaban J connectivity index is 1.49. The number of anilines is 1. The molecule has 4 rings (SSSR count). The fourth-order valence-corrected chi connectivity index (χ4v) is 4.29. The molecule has 3 saturated heterocycles. The molecule has 0 unspecified atom stereocenters. The van der Waals surface area contributed by atoms with E-state index in [2.05, 4.69) is 14.9 Å². The Bertz CT molecular complexity index is 673. The summed E-state index contributed by atoms with van der Waals surface area (Å²) in [5, 5.41) is 0. The van der Waals surface area contributed by atoms with E-state index in [1.165, 1.54) is 6.42 Å². The molecule has 0 aromatic carbocycles. The van der Waals surface area contributed by atoms with E-state index in [0.29, 0.717) is 18.0 Å². The molecule has 7 heteroatoms. The van der Waals surface area contributed by atoms with Crippen molar-refractivity contribution >= 4 is 17.6 Å². The summed E-state index contributed by atoms with van der Waals surface area (Å²) >= 11 is 0. The fraction of sp³-hybridized carbons (Fsp3) is 0.667. The summed E-state index contributed by atoms with van der Waals surface area (Å²) in [4.78, 5) is 39.4. The fourth-order valence-electron chi connectivity index (χ4n) is 4.29. The van der Waals surface area contributed by atoms with E-state index in [-0.39, 0.29) is 17.9 Å². The van der Waals surface area contributed by atoms with Gasteiger partial charge in [-0.05, 0) is 31.6 Å². The number of carbonyl (C=O) groups is 2. The lowest BCUT2D eigenvalue weighted by atomic mass is 9.92. The van der Waals surface area contributed by atoms with Crippen molar-refractivity contribution in [2.45, 2.75) is 38.1 Å². The van der Waals surface area contributed by atoms with Crippen LogP contribution >= 0.6 is 0 Å². The summed E-state index contributed by atoms with van der Waals surface area (Å²) in [6.45, 7) is 3.25. The first-order valence-electron chi connectivity index (χ1n) is 9.25. The van der Waals surface area contributed by atoms with Crippen LogP contribution in [0.4, 0.5) is 5.82 Å². The minimum atomic E-state index is -0.0166. The maximum absolute atomic E-state index is 12.7. The van der Waals surface area contributed by atoms with Gasteiger partial charge in [0.2, 0.25) is 5.91 Å². The second-order valence-corrected chi connectivity index (χ2v) is 7.39. The second kappa shape index (κ2) is 6.61. The molecule has 0 saturated carbocycles. The maximum atomic E-state index is 12.7. The molecular formula is C18H25N5O2. The zero-order chi connectivity index (χ0) is 17.4. The van der Waals surface area contributed by atoms with Gasteiger partial charge in [0.15, 0.2) is 0 Å². The number of likely N-dealkylation sites (tertiary alicyclic amines) is 2. The first-order chi connectivity index (χ1) is 12.1. The van der Waals surface area contributed by atoms with Gasteiger partial charge in [0.25, 0.3) is 5.91 Å². The highest BCUT2D eigenvalue weighted by Crippen LogP contribution is 2.32. The van der Waals surface area contributed by atoms with Crippen LogP contribution in [0.2, 0.25) is 0 Å². The van der Waals surface area contributed by atoms with Gasteiger partial charge in [-0.2, -0.15) is 0 Å². The number of hydrogen-bond donors (Lipinski definition) is 0. The van der Waals surface area contributed by atoms with Crippen molar-refractivity contribution < 1.29 is 9.59 Å². The molecule has 1 aromatic heterocycles. The molecule has 0 N–H and O–H groups in total. The Hall–Kier alpha value is -2.18. The summed E-state index contributed by atoms with van der Waals surface area (Å²) in [6, 6.07) is 0.240. The SMILES string of the molecule is CN1C(=O)C[C@H]2CCN(c3cncc(C(=O)N4CCCCC4)n3)C[C@H]21. The standard InChI is InChI=1S/C18H25N5O2/c1-21-15-12-23(8-5-13(15)9-17(21)24)16-11-19-10-14(20-16)18(25)22-6-3-2-4-7-22/h10-11,13,15H,2-9,12H2,1H3/t13-,15-/m1/s1. The van der Waals surface area contributed by atoms with Crippen LogP contribution in [-0.4, -0.2) is 70.9 Å². The molecule has 2 amide bonds. The number of carbonyl (C=O) groups excluding carboxylic acids is 2. The zero-order valence-corrected chi connectivity index (χ0v) is 14.7. The highest BCUT2D eigenvalue weighted by molar-refractivity contribution is 5.92. The molecule has 0 aliphatic carbocycles. The topological polar surface area (TPSA) is 69.6 Å². The lowest BCUT2D eigenvalue weighted by Gasteiger charge is -2.37. The summed E-state index contributed by atoms with van der Waals surface area (Å²) in [7, 11) is 1.89. The summed E-state index contributed by atoms with van der Waals surface area (Å²) < 4.78 is 0. The Morgan fingerprint density at radius 2 is 1.96 bits per heavy atom. The van der Waals surface area contributed by atoms with Crippen LogP contribution < -0.4 is 4.90 Å². The maximum Gasteiger partial charge on any atom is 0.274 e. The molecule has 0 spiro atoms. The molecule has 134 valence electrons. The average Bonchev–Trinajstić information content (AvgIpc) is 2.95. The van der Waals surface area contributed by atoms with Crippen LogP contribution in [-0.2, 0) is 4.79 Å². The van der Waals surface area contributed by atoms with Crippen LogP contribution in [0.3, 0.4) is 0 Å². The normalized spacial score (nSPS) is 26.8. The first kappa shape index (κ1) is 16.3. The van der Waals surface area contributed by atoms with E-state index in [1.807, 2.05) is 16.8 Å². The molecule has 1 aromatic rings. The number of fused-ring (bicyclic) bond motifs is 1. The van der Waals surface area contributed by atoms with Crippen LogP contribution in [0, 0.1) is 5.92 Å². The van der Waals surface area contributed by atoms with Crippen molar-refractivity contribution in [1.82, 2.24) is 19.8 Å². The lowest BCUT2D eigenvalue weighted by molar-refractivity contribution is -0.127. The first-order valence-corrected chi connectivity index (χ1v) is 9.25. The Kier molecular flexibility index (Phi) is 4.31. The van der Waals surface area contributed by atoms with Crippen molar-refractivity contribution in [2.75, 3.05) is 38.1 Å². The van der Waals surface area contributed by atoms with E-state index in [4.69, 9.17) is 0 Å². The van der Waals surface area contributed by atoms with Gasteiger partial charge < -0.3 is 14.7 Å². The molecule has 0 radical (unpaired) electrons. The number of aromatic nitrogens is 2. The number of piperidine rings is 2. The number of amides is 2. The predicted octanol–water partition coefficient (Wildman–Crippen LogP) is 1.16. The Labute approximate surface area is 148 Å². The van der Waals surface area contributed by atoms with Gasteiger partial charge in [0.1, 0.15) is 11.5 Å². The number of likely N-dealkylation sites (N-methyl/N-ethyl adjacent to an activating group) is 1. The molecule has 4 heterocycles. The van der Waals surface area contributed by atoms with Crippen LogP contribution in [0.5, 0.6) is 0 Å². The second-order valence-electron chi connectivity index (χ2n) is 7.39. The molecule has 2 atom stereocenters. The van der Waals surface area contributed by atoms with Gasteiger partial charge in [0, 0.05) is 39.6 Å². The van der Waals surface area contributed by atoms with E-state index >= 15 is 0 Å². The van der Waals surface area contributed by atoms with Crippen molar-refractivity contribution in [2.24, 2.45) is 5.92 Å². The van der Waals surface area contributed by atoms with Gasteiger partial charge in [0.05, 0.1) is 18.4 Å². The third-order valence-electron chi connectivity index (χ3n) is 5.86. The largest absolute Gasteiger partial charge is 0.353 e. The Morgan fingerprint density at radius 1 is 1.16 bits per heavy atom. The molecular weight excluding hydrogens is 318 g/mol. The molecule has 7 nitrogen and oxygen atoms in total. The number of rotatable bonds is 2. The third kappa shape index (κ3) is 3.07. The number of nitrogens with zero attached hydrogens (tertiary/aromatic N) is 5. The molecule has 3 fully saturated rings. The quantitative estimate of drug-likeness (QED) is 0.806. The zero-order valence-electron chi connectivity index (χ0n) is 14.7. The lowest BCUT2D eigenvalue weighted by Crippen LogP contribution is -2.48. The van der Waals surface area contributed by atoms with E-state index in [1.54, 1.807) is 12.4 Å². The summed E-state index contributed by atoms with van der Waals surface area (Å²) in [5.74, 6) is 1.41. The van der Waals surface area contributed by atoms with Gasteiger partial charge in [-0.3, -0.25) is 14.6 Å². The van der Waals surface area contributed by atoms with Gasteiger partial charge in [-0.1, -0.05) is 0 Å². The van der Waals surface area contributed by atoms with E-state index in [9.17, 15) is 9.59 Å². The van der Waals surface area contributed by atoms with Crippen LogP contribution in [0.15, 0.2) is 12.4 Å². The Morgan fingerprint density at radius 3 is 2.76 bits per heavy atom. The molecule has 3 aliphatic rings. The van der Waals surface area contributed by atoms with Gasteiger partial charge >= 0.3 is 0 Å². The molecule has 3 aliphatic heterocycles. The number of hydrogen-bond acceptors (Lipinski definition) is 5. The highest BCUT2D eigenvalue weighted by atomic mass is 16.2. The predicted molar refractivity (Wildman–Crippen MR) is 93.3 cm³/mol. The summed E-state index contributed by atoms with van der Waals surface area (Å²) in [5.41, 5.74) is 0.428. The van der Waals surface area contributed by atoms with Crippen molar-refractivity contribution in [3.8, 4) is 0 Å².